The van der Waals surface area contributed by atoms with Crippen LogP contribution in [-0.2, 0) is 6.54 Å². The van der Waals surface area contributed by atoms with E-state index in [4.69, 9.17) is 11.6 Å². The molecule has 0 bridgehead atoms. The quantitative estimate of drug-likeness (QED) is 0.819. The Hall–Kier alpha value is -0.900. The minimum absolute atomic E-state index is 0.290. The molecule has 2 rings (SSSR count). The summed E-state index contributed by atoms with van der Waals surface area (Å²) in [5.74, 6) is 0.492. The average Bonchev–Trinajstić information content (AvgIpc) is 2.43. The Bertz CT molecular complexity index is 537. The first-order chi connectivity index (χ1) is 9.56. The smallest absolute Gasteiger partial charge is 0.0542 e. The van der Waals surface area contributed by atoms with Crippen LogP contribution in [0.4, 0.5) is 0 Å². The van der Waals surface area contributed by atoms with Crippen molar-refractivity contribution in [2.24, 2.45) is 5.92 Å². The van der Waals surface area contributed by atoms with Crippen LogP contribution in [0.15, 0.2) is 47.1 Å². The van der Waals surface area contributed by atoms with Crippen molar-refractivity contribution in [3.8, 4) is 0 Å². The third kappa shape index (κ3) is 4.30. The summed E-state index contributed by atoms with van der Waals surface area (Å²) in [7, 11) is 0. The van der Waals surface area contributed by atoms with Gasteiger partial charge in [-0.3, -0.25) is 4.98 Å². The summed E-state index contributed by atoms with van der Waals surface area (Å²) in [6, 6.07) is 12.4. The molecule has 0 saturated carbocycles. The van der Waals surface area contributed by atoms with Crippen LogP contribution in [0.3, 0.4) is 0 Å². The average molecular weight is 354 g/mol. The SMILES string of the molecule is CC(C)C(NCc1ccc(Br)cn1)c1ccc(Cl)cc1. The van der Waals surface area contributed by atoms with Gasteiger partial charge >= 0.3 is 0 Å². The number of benzene rings is 1. The van der Waals surface area contributed by atoms with E-state index < -0.39 is 0 Å². The van der Waals surface area contributed by atoms with E-state index in [0.29, 0.717) is 5.92 Å². The van der Waals surface area contributed by atoms with E-state index in [-0.39, 0.29) is 6.04 Å². The molecule has 1 unspecified atom stereocenters. The lowest BCUT2D eigenvalue weighted by atomic mass is 9.96. The third-order valence-corrected chi connectivity index (χ3v) is 3.91. The fourth-order valence-corrected chi connectivity index (χ4v) is 2.49. The summed E-state index contributed by atoms with van der Waals surface area (Å²) in [5.41, 5.74) is 2.29. The molecule has 1 atom stereocenters. The van der Waals surface area contributed by atoms with Crippen LogP contribution in [-0.4, -0.2) is 4.98 Å². The Morgan fingerprint density at radius 3 is 2.40 bits per heavy atom. The number of hydrogen-bond acceptors (Lipinski definition) is 2. The highest BCUT2D eigenvalue weighted by molar-refractivity contribution is 9.10. The van der Waals surface area contributed by atoms with E-state index in [1.54, 1.807) is 0 Å². The second kappa shape index (κ2) is 7.21. The number of pyridine rings is 1. The number of hydrogen-bond donors (Lipinski definition) is 1. The fraction of sp³-hybridized carbons (Fsp3) is 0.312. The van der Waals surface area contributed by atoms with Gasteiger partial charge in [-0.05, 0) is 51.7 Å². The summed E-state index contributed by atoms with van der Waals surface area (Å²) in [5, 5.41) is 4.34. The molecule has 106 valence electrons. The number of aromatic nitrogens is 1. The van der Waals surface area contributed by atoms with E-state index in [0.717, 1.165) is 21.7 Å². The van der Waals surface area contributed by atoms with Crippen LogP contribution in [0.2, 0.25) is 5.02 Å². The molecule has 0 aliphatic carbocycles. The van der Waals surface area contributed by atoms with Gasteiger partial charge in [0.2, 0.25) is 0 Å². The predicted molar refractivity (Wildman–Crippen MR) is 87.8 cm³/mol. The predicted octanol–water partition coefficient (Wildman–Crippen LogP) is 4.98. The lowest BCUT2D eigenvalue weighted by Crippen LogP contribution is -2.25. The molecule has 20 heavy (non-hydrogen) atoms. The molecule has 0 spiro atoms. The molecular weight excluding hydrogens is 336 g/mol. The van der Waals surface area contributed by atoms with E-state index in [9.17, 15) is 0 Å². The van der Waals surface area contributed by atoms with Crippen LogP contribution < -0.4 is 5.32 Å². The fourth-order valence-electron chi connectivity index (χ4n) is 2.13. The Labute approximate surface area is 133 Å². The maximum absolute atomic E-state index is 5.95. The summed E-state index contributed by atoms with van der Waals surface area (Å²) < 4.78 is 0.999. The lowest BCUT2D eigenvalue weighted by Gasteiger charge is -2.23. The summed E-state index contributed by atoms with van der Waals surface area (Å²) >= 11 is 9.35. The zero-order valence-corrected chi connectivity index (χ0v) is 13.9. The summed E-state index contributed by atoms with van der Waals surface area (Å²) in [4.78, 5) is 4.39. The van der Waals surface area contributed by atoms with Crippen molar-refractivity contribution < 1.29 is 0 Å². The monoisotopic (exact) mass is 352 g/mol. The normalized spacial score (nSPS) is 12.7. The summed E-state index contributed by atoms with van der Waals surface area (Å²) in [6.07, 6.45) is 1.82. The number of rotatable bonds is 5. The maximum Gasteiger partial charge on any atom is 0.0542 e. The molecule has 1 aromatic heterocycles. The van der Waals surface area contributed by atoms with Crippen LogP contribution in [0.1, 0.15) is 31.1 Å². The van der Waals surface area contributed by atoms with E-state index in [1.165, 1.54) is 5.56 Å². The van der Waals surface area contributed by atoms with Crippen molar-refractivity contribution in [2.75, 3.05) is 0 Å². The molecule has 1 N–H and O–H groups in total. The molecule has 0 saturated heterocycles. The van der Waals surface area contributed by atoms with Crippen molar-refractivity contribution in [3.63, 3.8) is 0 Å². The van der Waals surface area contributed by atoms with Crippen LogP contribution in [0, 0.1) is 5.92 Å². The first-order valence-electron chi connectivity index (χ1n) is 6.65. The zero-order valence-electron chi connectivity index (χ0n) is 11.6. The molecule has 1 aromatic carbocycles. The van der Waals surface area contributed by atoms with Crippen molar-refractivity contribution >= 4 is 27.5 Å². The highest BCUT2D eigenvalue weighted by Gasteiger charge is 2.15. The van der Waals surface area contributed by atoms with Crippen LogP contribution >= 0.6 is 27.5 Å². The second-order valence-electron chi connectivity index (χ2n) is 5.12. The first kappa shape index (κ1) is 15.5. The minimum Gasteiger partial charge on any atom is -0.304 e. The largest absolute Gasteiger partial charge is 0.304 e. The molecule has 0 fully saturated rings. The van der Waals surface area contributed by atoms with Gasteiger partial charge in [-0.15, -0.1) is 0 Å². The van der Waals surface area contributed by atoms with Gasteiger partial charge in [-0.2, -0.15) is 0 Å². The van der Waals surface area contributed by atoms with E-state index in [1.807, 2.05) is 30.5 Å². The maximum atomic E-state index is 5.95. The molecule has 0 aliphatic heterocycles. The van der Waals surface area contributed by atoms with Gasteiger partial charge in [-0.25, -0.2) is 0 Å². The summed E-state index contributed by atoms with van der Waals surface area (Å²) in [6.45, 7) is 5.17. The number of nitrogens with one attached hydrogen (secondary N) is 1. The third-order valence-electron chi connectivity index (χ3n) is 3.19. The first-order valence-corrected chi connectivity index (χ1v) is 7.82. The highest BCUT2D eigenvalue weighted by atomic mass is 79.9. The van der Waals surface area contributed by atoms with Crippen molar-refractivity contribution in [2.45, 2.75) is 26.4 Å². The van der Waals surface area contributed by atoms with Gasteiger partial charge in [0.15, 0.2) is 0 Å². The molecule has 0 aliphatic rings. The van der Waals surface area contributed by atoms with Gasteiger partial charge in [0.25, 0.3) is 0 Å². The minimum atomic E-state index is 0.290. The lowest BCUT2D eigenvalue weighted by molar-refractivity contribution is 0.408. The zero-order chi connectivity index (χ0) is 14.5. The molecular formula is C16H18BrClN2. The second-order valence-corrected chi connectivity index (χ2v) is 6.47. The number of halogens is 2. The van der Waals surface area contributed by atoms with Crippen LogP contribution in [0.25, 0.3) is 0 Å². The van der Waals surface area contributed by atoms with Crippen molar-refractivity contribution in [1.82, 2.24) is 10.3 Å². The molecule has 2 nitrogen and oxygen atoms in total. The van der Waals surface area contributed by atoms with Gasteiger partial charge in [0.1, 0.15) is 0 Å². The highest BCUT2D eigenvalue weighted by Crippen LogP contribution is 2.23. The van der Waals surface area contributed by atoms with E-state index >= 15 is 0 Å². The van der Waals surface area contributed by atoms with Gasteiger partial charge in [-0.1, -0.05) is 37.6 Å². The molecule has 1 heterocycles. The Morgan fingerprint density at radius 1 is 1.15 bits per heavy atom. The van der Waals surface area contributed by atoms with Gasteiger partial charge < -0.3 is 5.32 Å². The van der Waals surface area contributed by atoms with Crippen molar-refractivity contribution in [1.29, 1.82) is 0 Å². The topological polar surface area (TPSA) is 24.9 Å². The Kier molecular flexibility index (Phi) is 5.58. The molecule has 0 amide bonds. The van der Waals surface area contributed by atoms with Gasteiger partial charge in [0, 0.05) is 28.3 Å². The van der Waals surface area contributed by atoms with Crippen molar-refractivity contribution in [3.05, 3.63) is 63.3 Å². The molecule has 0 radical (unpaired) electrons. The number of nitrogens with zero attached hydrogens (tertiary/aromatic N) is 1. The molecule has 4 heteroatoms. The Balaban J connectivity index is 2.06. The Morgan fingerprint density at radius 2 is 1.85 bits per heavy atom. The van der Waals surface area contributed by atoms with Gasteiger partial charge in [0.05, 0.1) is 5.69 Å². The van der Waals surface area contributed by atoms with Crippen LogP contribution in [0.5, 0.6) is 0 Å². The van der Waals surface area contributed by atoms with E-state index in [2.05, 4.69) is 52.2 Å². The standard InChI is InChI=1S/C16H18BrClN2/c1-11(2)16(12-3-6-14(18)7-4-12)20-10-15-8-5-13(17)9-19-15/h3-9,11,16,20H,10H2,1-2H3. The molecule has 2 aromatic rings.